The second-order valence-electron chi connectivity index (χ2n) is 11.2. The van der Waals surface area contributed by atoms with Crippen LogP contribution in [0.1, 0.15) is 70.2 Å². The first-order valence-corrected chi connectivity index (χ1v) is 12.0. The van der Waals surface area contributed by atoms with Crippen molar-refractivity contribution in [3.63, 3.8) is 0 Å². The van der Waals surface area contributed by atoms with Gasteiger partial charge >= 0.3 is 5.97 Å². The van der Waals surface area contributed by atoms with Crippen molar-refractivity contribution in [1.82, 2.24) is 9.78 Å². The summed E-state index contributed by atoms with van der Waals surface area (Å²) in [6.45, 7) is 12.2. The number of aliphatic hydroxyl groups excluding tert-OH is 1. The van der Waals surface area contributed by atoms with E-state index >= 15 is 0 Å². The van der Waals surface area contributed by atoms with E-state index in [1.807, 2.05) is 6.92 Å². The summed E-state index contributed by atoms with van der Waals surface area (Å²) in [7, 11) is 1.63. The Balaban J connectivity index is 1.86. The van der Waals surface area contributed by atoms with E-state index in [1.54, 1.807) is 13.1 Å². The Morgan fingerprint density at radius 1 is 1.30 bits per heavy atom. The molecule has 0 spiro atoms. The number of aromatic nitrogens is 2. The number of rotatable bonds is 3. The molecule has 3 saturated carbocycles. The van der Waals surface area contributed by atoms with Crippen LogP contribution in [0.3, 0.4) is 0 Å². The normalized spacial score (nSPS) is 42.7. The number of nitrogens with zero attached hydrogens (tertiary/aromatic N) is 2. The third-order valence-electron chi connectivity index (χ3n) is 9.71. The Labute approximate surface area is 195 Å². The second-order valence-corrected chi connectivity index (χ2v) is 11.2. The average molecular weight is 457 g/mol. The average Bonchev–Trinajstić information content (AvgIpc) is 3.14. The van der Waals surface area contributed by atoms with Crippen molar-refractivity contribution in [1.29, 1.82) is 0 Å². The lowest BCUT2D eigenvalue weighted by Gasteiger charge is -2.61. The summed E-state index contributed by atoms with van der Waals surface area (Å²) in [5, 5.41) is 15.4. The Hall–Kier alpha value is -2.28. The molecular weight excluding hydrogens is 420 g/mol. The summed E-state index contributed by atoms with van der Waals surface area (Å²) < 4.78 is 7.55. The fourth-order valence-electron chi connectivity index (χ4n) is 7.34. The number of hydrogen-bond acceptors (Lipinski definition) is 6. The number of aliphatic hydroxyl groups is 1. The number of ketones is 1. The van der Waals surface area contributed by atoms with Gasteiger partial charge in [0.1, 0.15) is 17.5 Å². The summed E-state index contributed by atoms with van der Waals surface area (Å²) in [6.07, 6.45) is 6.18. The van der Waals surface area contributed by atoms with Gasteiger partial charge in [-0.05, 0) is 42.9 Å². The van der Waals surface area contributed by atoms with Crippen LogP contribution in [0.2, 0.25) is 0 Å². The highest BCUT2D eigenvalue weighted by atomic mass is 16.5. The molecular formula is C26H36N2O5. The quantitative estimate of drug-likeness (QED) is 0.554. The Kier molecular flexibility index (Phi) is 5.71. The molecule has 4 rings (SSSR count). The molecule has 7 heteroatoms. The summed E-state index contributed by atoms with van der Waals surface area (Å²) >= 11 is 0. The highest BCUT2D eigenvalue weighted by molar-refractivity contribution is 5.89. The zero-order chi connectivity index (χ0) is 24.3. The SMILES string of the molecule is C=C[C@]1(C)C[C@@H](OC(=O)c2cn(C)ncc2=O)[C@@]2(C)C3C(=O)CCC3(CC[C@H]2C)[C@@H](C)[C@@H]1O. The van der Waals surface area contributed by atoms with E-state index in [-0.39, 0.29) is 34.5 Å². The molecule has 2 bridgehead atoms. The lowest BCUT2D eigenvalue weighted by atomic mass is 9.44. The minimum atomic E-state index is -0.726. The topological polar surface area (TPSA) is 98.5 Å². The van der Waals surface area contributed by atoms with Crippen molar-refractivity contribution in [2.24, 2.45) is 41.0 Å². The molecule has 2 unspecified atom stereocenters. The van der Waals surface area contributed by atoms with Crippen molar-refractivity contribution < 1.29 is 19.4 Å². The van der Waals surface area contributed by atoms with Gasteiger partial charge in [0.05, 0.1) is 12.3 Å². The van der Waals surface area contributed by atoms with Crippen LogP contribution in [-0.2, 0) is 16.6 Å². The molecule has 180 valence electrons. The summed E-state index contributed by atoms with van der Waals surface area (Å²) in [6, 6.07) is 0. The standard InChI is InChI=1S/C26H36N2O5/c1-7-24(4)12-20(33-23(32)17-14-28(6)27-13-19(17)30)25(5)15(2)8-10-26(16(3)22(24)31)11-9-18(29)21(25)26/h7,13-16,20-22,31H,1,8-12H2,2-6H3/t15-,16+,20-,21?,22+,24-,25+,26?/m1/s1. The molecule has 7 nitrogen and oxygen atoms in total. The number of Topliss-reactive ketones (excluding diaryl/α,β-unsaturated/α-hetero) is 1. The molecule has 0 aromatic carbocycles. The van der Waals surface area contributed by atoms with Crippen LogP contribution in [0, 0.1) is 34.0 Å². The van der Waals surface area contributed by atoms with Crippen LogP contribution in [0.5, 0.6) is 0 Å². The van der Waals surface area contributed by atoms with Crippen LogP contribution < -0.4 is 5.43 Å². The smallest absolute Gasteiger partial charge is 0.344 e. The molecule has 3 aliphatic carbocycles. The number of carbonyl (C=O) groups is 2. The summed E-state index contributed by atoms with van der Waals surface area (Å²) in [5.41, 5.74) is -2.24. The van der Waals surface area contributed by atoms with Crippen LogP contribution in [0.15, 0.2) is 29.8 Å². The number of aryl methyl sites for hydroxylation is 1. The zero-order valence-electron chi connectivity index (χ0n) is 20.3. The Morgan fingerprint density at radius 2 is 2.00 bits per heavy atom. The van der Waals surface area contributed by atoms with E-state index in [2.05, 4.69) is 32.4 Å². The van der Waals surface area contributed by atoms with Crippen LogP contribution in [-0.4, -0.2) is 38.8 Å². The van der Waals surface area contributed by atoms with Gasteiger partial charge in [-0.1, -0.05) is 33.8 Å². The molecule has 3 aliphatic rings. The molecule has 1 N–H and O–H groups in total. The molecule has 8 atom stereocenters. The van der Waals surface area contributed by atoms with E-state index in [9.17, 15) is 19.5 Å². The Morgan fingerprint density at radius 3 is 2.67 bits per heavy atom. The van der Waals surface area contributed by atoms with Crippen molar-refractivity contribution in [3.05, 3.63) is 40.8 Å². The molecule has 1 aromatic rings. The number of esters is 1. The van der Waals surface area contributed by atoms with Crippen molar-refractivity contribution in [2.45, 2.75) is 72.0 Å². The third kappa shape index (κ3) is 3.34. The van der Waals surface area contributed by atoms with Gasteiger partial charge in [0.25, 0.3) is 0 Å². The van der Waals surface area contributed by atoms with Crippen molar-refractivity contribution in [2.75, 3.05) is 0 Å². The largest absolute Gasteiger partial charge is 0.458 e. The number of ether oxygens (including phenoxy) is 1. The predicted molar refractivity (Wildman–Crippen MR) is 123 cm³/mol. The predicted octanol–water partition coefficient (Wildman–Crippen LogP) is 3.30. The van der Waals surface area contributed by atoms with E-state index in [0.717, 1.165) is 25.5 Å². The summed E-state index contributed by atoms with van der Waals surface area (Å²) in [5.74, 6) is -0.773. The van der Waals surface area contributed by atoms with Gasteiger partial charge in [0.15, 0.2) is 0 Å². The van der Waals surface area contributed by atoms with Gasteiger partial charge in [-0.25, -0.2) is 4.79 Å². The number of carbonyl (C=O) groups excluding carboxylic acids is 2. The zero-order valence-corrected chi connectivity index (χ0v) is 20.3. The number of hydrogen-bond donors (Lipinski definition) is 1. The van der Waals surface area contributed by atoms with E-state index in [4.69, 9.17) is 4.74 Å². The minimum Gasteiger partial charge on any atom is -0.458 e. The van der Waals surface area contributed by atoms with E-state index in [0.29, 0.717) is 12.8 Å². The van der Waals surface area contributed by atoms with Gasteiger partial charge in [-0.3, -0.25) is 14.3 Å². The minimum absolute atomic E-state index is 0.0835. The van der Waals surface area contributed by atoms with E-state index in [1.165, 1.54) is 10.9 Å². The third-order valence-corrected chi connectivity index (χ3v) is 9.71. The molecule has 0 amide bonds. The van der Waals surface area contributed by atoms with Gasteiger partial charge in [-0.2, -0.15) is 5.10 Å². The molecule has 0 aliphatic heterocycles. The highest BCUT2D eigenvalue weighted by Crippen LogP contribution is 2.68. The van der Waals surface area contributed by atoms with Crippen LogP contribution in [0.25, 0.3) is 0 Å². The fourth-order valence-corrected chi connectivity index (χ4v) is 7.34. The molecule has 1 heterocycles. The first-order chi connectivity index (χ1) is 15.4. The van der Waals surface area contributed by atoms with Gasteiger partial charge in [0, 0.05) is 36.4 Å². The molecule has 0 saturated heterocycles. The molecule has 1 aromatic heterocycles. The maximum absolute atomic E-state index is 13.4. The van der Waals surface area contributed by atoms with Gasteiger partial charge in [0.2, 0.25) is 5.43 Å². The van der Waals surface area contributed by atoms with Gasteiger partial charge < -0.3 is 9.84 Å². The monoisotopic (exact) mass is 456 g/mol. The summed E-state index contributed by atoms with van der Waals surface area (Å²) in [4.78, 5) is 39.0. The van der Waals surface area contributed by atoms with Crippen molar-refractivity contribution in [3.8, 4) is 0 Å². The fraction of sp³-hybridized carbons (Fsp3) is 0.692. The van der Waals surface area contributed by atoms with E-state index < -0.39 is 34.4 Å². The first-order valence-electron chi connectivity index (χ1n) is 12.0. The lowest BCUT2D eigenvalue weighted by molar-refractivity contribution is -0.192. The lowest BCUT2D eigenvalue weighted by Crippen LogP contribution is -2.63. The maximum atomic E-state index is 13.4. The van der Waals surface area contributed by atoms with Gasteiger partial charge in [-0.15, -0.1) is 6.58 Å². The molecule has 0 radical (unpaired) electrons. The highest BCUT2D eigenvalue weighted by Gasteiger charge is 2.68. The molecule has 3 fully saturated rings. The maximum Gasteiger partial charge on any atom is 0.344 e. The first kappa shape index (κ1) is 23.9. The Bertz CT molecular complexity index is 1050. The molecule has 33 heavy (non-hydrogen) atoms. The second kappa shape index (κ2) is 7.90. The van der Waals surface area contributed by atoms with Crippen molar-refractivity contribution >= 4 is 11.8 Å². The van der Waals surface area contributed by atoms with Crippen LogP contribution in [0.4, 0.5) is 0 Å². The van der Waals surface area contributed by atoms with Crippen LogP contribution >= 0.6 is 0 Å².